The predicted molar refractivity (Wildman–Crippen MR) is 140 cm³/mol. The molecule has 4 heterocycles. The number of rotatable bonds is 9. The first-order chi connectivity index (χ1) is 18.7. The number of halogens is 1. The van der Waals surface area contributed by atoms with E-state index in [1.807, 2.05) is 0 Å². The van der Waals surface area contributed by atoms with Crippen molar-refractivity contribution in [1.82, 2.24) is 29.4 Å². The third-order valence-corrected chi connectivity index (χ3v) is 8.11. The number of amides is 1. The zero-order chi connectivity index (χ0) is 27.9. The minimum atomic E-state index is -1.11. The van der Waals surface area contributed by atoms with Crippen LogP contribution in [0.1, 0.15) is 30.6 Å². The van der Waals surface area contributed by atoms with Gasteiger partial charge in [0.2, 0.25) is 5.91 Å². The van der Waals surface area contributed by atoms with Gasteiger partial charge in [-0.3, -0.25) is 18.7 Å². The molecule has 14 heteroatoms. The molecule has 2 atom stereocenters. The van der Waals surface area contributed by atoms with Crippen molar-refractivity contribution in [2.24, 2.45) is 0 Å². The lowest BCUT2D eigenvalue weighted by Gasteiger charge is -2.27. The maximum atomic E-state index is 14.3. The summed E-state index contributed by atoms with van der Waals surface area (Å²) < 4.78 is 28.2. The van der Waals surface area contributed by atoms with E-state index in [1.54, 1.807) is 13.8 Å². The molecule has 0 aliphatic carbocycles. The van der Waals surface area contributed by atoms with E-state index in [0.717, 1.165) is 15.9 Å². The Morgan fingerprint density at radius 2 is 2.00 bits per heavy atom. The van der Waals surface area contributed by atoms with E-state index in [9.17, 15) is 23.9 Å². The predicted octanol–water partition coefficient (Wildman–Crippen LogP) is 1.25. The largest absolute Gasteiger partial charge is 0.496 e. The lowest BCUT2D eigenvalue weighted by molar-refractivity contribution is -0.119. The molecule has 5 rings (SSSR count). The van der Waals surface area contributed by atoms with Crippen LogP contribution in [0.5, 0.6) is 5.75 Å². The van der Waals surface area contributed by atoms with Crippen LogP contribution in [0.15, 0.2) is 40.2 Å². The van der Waals surface area contributed by atoms with Gasteiger partial charge in [-0.05, 0) is 32.0 Å². The third kappa shape index (κ3) is 4.64. The lowest BCUT2D eigenvalue weighted by Crippen LogP contribution is -2.51. The first-order valence-electron chi connectivity index (χ1n) is 12.2. The highest BCUT2D eigenvalue weighted by Gasteiger charge is 2.40. The smallest absolute Gasteiger partial charge is 0.332 e. The number of nitrogens with zero attached hydrogens (tertiary/aromatic N) is 5. The Morgan fingerprint density at radius 1 is 1.26 bits per heavy atom. The molecule has 0 bridgehead atoms. The number of carbonyl (C=O) groups excluding carboxylic acids is 1. The van der Waals surface area contributed by atoms with Crippen LogP contribution in [-0.4, -0.2) is 62.0 Å². The number of aliphatic hydroxyl groups excluding tert-OH is 1. The molecule has 39 heavy (non-hydrogen) atoms. The molecule has 3 aromatic heterocycles. The SMILES string of the molecule is COc1ccc(F)cc1C(Cn1c(=O)n(C2(C)CNC(=O)C2)c(=O)c2c(C)c(-n3nccn3)sc21)OCCO. The molecule has 2 unspecified atom stereocenters. The topological polar surface area (TPSA) is 142 Å². The standard InChI is InChI=1S/C25H27FN6O6S/c1-14-20-21(35)31(25(2)11-19(34)27-13-25)24(36)30(23(20)39-22(14)32-28-6-7-29-32)12-18(38-9-8-33)16-10-15(26)4-5-17(16)37-3/h4-7,10,18,33H,8-9,11-13H2,1-3H3,(H,27,34). The van der Waals surface area contributed by atoms with Gasteiger partial charge in [0.05, 0.1) is 56.6 Å². The fourth-order valence-corrected chi connectivity index (χ4v) is 6.18. The van der Waals surface area contributed by atoms with Gasteiger partial charge >= 0.3 is 5.69 Å². The van der Waals surface area contributed by atoms with Crippen LogP contribution in [0.4, 0.5) is 4.39 Å². The second kappa shape index (κ2) is 10.4. The maximum absolute atomic E-state index is 14.3. The van der Waals surface area contributed by atoms with Gasteiger partial charge in [0, 0.05) is 17.7 Å². The molecular formula is C25H27FN6O6S. The van der Waals surface area contributed by atoms with Crippen LogP contribution in [-0.2, 0) is 21.6 Å². The summed E-state index contributed by atoms with van der Waals surface area (Å²) in [7, 11) is 1.43. The Balaban J connectivity index is 1.78. The van der Waals surface area contributed by atoms with Crippen molar-refractivity contribution in [3.63, 3.8) is 0 Å². The summed E-state index contributed by atoms with van der Waals surface area (Å²) in [5, 5.41) is 21.4. The number of aryl methyl sites for hydroxylation is 1. The fourth-order valence-electron chi connectivity index (χ4n) is 4.96. The number of benzene rings is 1. The van der Waals surface area contributed by atoms with E-state index in [1.165, 1.54) is 47.1 Å². The van der Waals surface area contributed by atoms with Crippen molar-refractivity contribution >= 4 is 27.5 Å². The van der Waals surface area contributed by atoms with E-state index in [2.05, 4.69) is 15.5 Å². The van der Waals surface area contributed by atoms with Gasteiger partial charge in [-0.25, -0.2) is 9.18 Å². The lowest BCUT2D eigenvalue weighted by atomic mass is 10.0. The molecule has 206 valence electrons. The number of thiophene rings is 1. The van der Waals surface area contributed by atoms with Crippen LogP contribution >= 0.6 is 11.3 Å². The molecule has 1 amide bonds. The first kappa shape index (κ1) is 26.7. The number of ether oxygens (including phenoxy) is 2. The Kier molecular flexibility index (Phi) is 7.09. The summed E-state index contributed by atoms with van der Waals surface area (Å²) in [4.78, 5) is 41.9. The summed E-state index contributed by atoms with van der Waals surface area (Å²) in [6, 6.07) is 3.94. The molecule has 1 saturated heterocycles. The van der Waals surface area contributed by atoms with Crippen LogP contribution in [0.2, 0.25) is 0 Å². The number of hydrogen-bond donors (Lipinski definition) is 2. The number of carbonyl (C=O) groups is 1. The van der Waals surface area contributed by atoms with Crippen LogP contribution in [0.25, 0.3) is 15.2 Å². The highest BCUT2D eigenvalue weighted by molar-refractivity contribution is 7.21. The van der Waals surface area contributed by atoms with Crippen molar-refractivity contribution < 1.29 is 23.8 Å². The van der Waals surface area contributed by atoms with Crippen molar-refractivity contribution in [1.29, 1.82) is 0 Å². The molecular weight excluding hydrogens is 531 g/mol. The van der Waals surface area contributed by atoms with Crippen molar-refractivity contribution in [3.8, 4) is 10.8 Å². The minimum Gasteiger partial charge on any atom is -0.496 e. The van der Waals surface area contributed by atoms with Gasteiger partial charge in [0.1, 0.15) is 27.5 Å². The average molecular weight is 559 g/mol. The van der Waals surface area contributed by atoms with Crippen LogP contribution < -0.4 is 21.3 Å². The second-order valence-electron chi connectivity index (χ2n) is 9.48. The quantitative estimate of drug-likeness (QED) is 0.313. The van der Waals surface area contributed by atoms with E-state index in [4.69, 9.17) is 9.47 Å². The number of aliphatic hydroxyl groups is 1. The summed E-state index contributed by atoms with van der Waals surface area (Å²) in [5.74, 6) is -0.473. The van der Waals surface area contributed by atoms with Gasteiger partial charge in [-0.2, -0.15) is 10.2 Å². The Bertz CT molecular complexity index is 1660. The number of fused-ring (bicyclic) bond motifs is 1. The molecule has 0 radical (unpaired) electrons. The minimum absolute atomic E-state index is 0.0490. The Labute approximate surface area is 225 Å². The highest BCUT2D eigenvalue weighted by Crippen LogP contribution is 2.34. The van der Waals surface area contributed by atoms with Gasteiger partial charge in [0.25, 0.3) is 5.56 Å². The summed E-state index contributed by atoms with van der Waals surface area (Å²) in [6.45, 7) is 2.98. The molecule has 1 aliphatic heterocycles. The molecule has 1 aromatic carbocycles. The molecule has 2 N–H and O–H groups in total. The molecule has 0 spiro atoms. The zero-order valence-electron chi connectivity index (χ0n) is 21.5. The van der Waals surface area contributed by atoms with Crippen molar-refractivity contribution in [2.45, 2.75) is 38.5 Å². The van der Waals surface area contributed by atoms with Gasteiger partial charge in [-0.15, -0.1) is 4.80 Å². The number of nitrogens with one attached hydrogen (secondary N) is 1. The monoisotopic (exact) mass is 558 g/mol. The number of methoxy groups -OCH3 is 1. The molecule has 4 aromatic rings. The third-order valence-electron chi connectivity index (χ3n) is 6.83. The van der Waals surface area contributed by atoms with Crippen molar-refractivity contribution in [2.75, 3.05) is 26.9 Å². The van der Waals surface area contributed by atoms with Gasteiger partial charge in [0.15, 0.2) is 0 Å². The van der Waals surface area contributed by atoms with E-state index in [0.29, 0.717) is 26.7 Å². The average Bonchev–Trinajstić information content (AvgIpc) is 3.63. The van der Waals surface area contributed by atoms with Crippen LogP contribution in [0.3, 0.4) is 0 Å². The van der Waals surface area contributed by atoms with Crippen molar-refractivity contribution in [3.05, 3.63) is 68.4 Å². The van der Waals surface area contributed by atoms with E-state index >= 15 is 0 Å². The number of hydrogen-bond acceptors (Lipinski definition) is 9. The Hall–Kier alpha value is -3.88. The second-order valence-corrected chi connectivity index (χ2v) is 10.5. The van der Waals surface area contributed by atoms with Crippen LogP contribution in [0, 0.1) is 12.7 Å². The van der Waals surface area contributed by atoms with E-state index in [-0.39, 0.29) is 44.0 Å². The normalized spacial score (nSPS) is 18.0. The fraction of sp³-hybridized carbons (Fsp3) is 0.400. The maximum Gasteiger partial charge on any atom is 0.332 e. The molecule has 0 saturated carbocycles. The van der Waals surface area contributed by atoms with E-state index < -0.39 is 28.7 Å². The highest BCUT2D eigenvalue weighted by atomic mass is 32.1. The first-order valence-corrected chi connectivity index (χ1v) is 13.0. The summed E-state index contributed by atoms with van der Waals surface area (Å²) in [6.07, 6.45) is 2.02. The molecule has 12 nitrogen and oxygen atoms in total. The molecule has 1 fully saturated rings. The van der Waals surface area contributed by atoms with Gasteiger partial charge < -0.3 is 19.9 Å². The number of aromatic nitrogens is 5. The summed E-state index contributed by atoms with van der Waals surface area (Å²) in [5.41, 5.74) is -1.41. The van der Waals surface area contributed by atoms with Gasteiger partial charge in [-0.1, -0.05) is 11.3 Å². The Morgan fingerprint density at radius 3 is 2.64 bits per heavy atom. The zero-order valence-corrected chi connectivity index (χ0v) is 22.3. The molecule has 1 aliphatic rings. The summed E-state index contributed by atoms with van der Waals surface area (Å²) >= 11 is 1.16.